The zero-order chi connectivity index (χ0) is 12.8. The Kier molecular flexibility index (Phi) is 4.06. The summed E-state index contributed by atoms with van der Waals surface area (Å²) in [5.41, 5.74) is 3.02. The predicted molar refractivity (Wildman–Crippen MR) is 76.2 cm³/mol. The van der Waals surface area contributed by atoms with E-state index in [2.05, 4.69) is 35.9 Å². The molecule has 0 unspecified atom stereocenters. The summed E-state index contributed by atoms with van der Waals surface area (Å²) in [6.07, 6.45) is 0. The molecule has 2 aromatic rings. The van der Waals surface area contributed by atoms with E-state index in [1.54, 1.807) is 0 Å². The lowest BCUT2D eigenvalue weighted by atomic mass is 10.0. The molecular formula is C16H16N2. The van der Waals surface area contributed by atoms with Gasteiger partial charge in [-0.05, 0) is 29.7 Å². The van der Waals surface area contributed by atoms with Gasteiger partial charge in [-0.3, -0.25) is 0 Å². The standard InChI is InChI=1S/C16H16N2/c1-13(2)15-10-6-7-11-16(15)18-12-17-14-8-4-3-5-9-14/h3-11,13H,1-2H3. The molecule has 0 saturated carbocycles. The highest BCUT2D eigenvalue weighted by Crippen LogP contribution is 2.25. The molecule has 0 fully saturated rings. The number of hydrogen-bond donors (Lipinski definition) is 0. The lowest BCUT2D eigenvalue weighted by molar-refractivity contribution is 0.867. The molecule has 0 amide bonds. The fraction of sp³-hybridized carbons (Fsp3) is 0.188. The molecule has 2 heteroatoms. The van der Waals surface area contributed by atoms with Crippen molar-refractivity contribution in [1.82, 2.24) is 0 Å². The number of rotatable bonds is 3. The normalized spacial score (nSPS) is 9.94. The molecule has 2 nitrogen and oxygen atoms in total. The topological polar surface area (TPSA) is 24.7 Å². The van der Waals surface area contributed by atoms with Crippen LogP contribution in [0, 0.1) is 0 Å². The summed E-state index contributed by atoms with van der Waals surface area (Å²) in [6.45, 7) is 4.31. The van der Waals surface area contributed by atoms with Gasteiger partial charge < -0.3 is 0 Å². The number of aliphatic imine (C=N–C) groups is 2. The van der Waals surface area contributed by atoms with Gasteiger partial charge in [0.05, 0.1) is 11.4 Å². The van der Waals surface area contributed by atoms with Crippen molar-refractivity contribution in [3.8, 4) is 0 Å². The van der Waals surface area contributed by atoms with Crippen molar-refractivity contribution in [2.75, 3.05) is 0 Å². The van der Waals surface area contributed by atoms with Crippen LogP contribution in [0.2, 0.25) is 0 Å². The minimum Gasteiger partial charge on any atom is -0.188 e. The van der Waals surface area contributed by atoms with Crippen molar-refractivity contribution in [3.05, 3.63) is 60.2 Å². The third-order valence-electron chi connectivity index (χ3n) is 2.66. The highest BCUT2D eigenvalue weighted by atomic mass is 14.8. The SMILES string of the molecule is CC(C)c1ccccc1N=C=Nc1ccccc1. The quantitative estimate of drug-likeness (QED) is 0.674. The Morgan fingerprint density at radius 2 is 1.50 bits per heavy atom. The van der Waals surface area contributed by atoms with Gasteiger partial charge in [-0.15, -0.1) is 0 Å². The third kappa shape index (κ3) is 3.16. The van der Waals surface area contributed by atoms with Crippen molar-refractivity contribution in [2.24, 2.45) is 9.98 Å². The Balaban J connectivity index is 2.27. The van der Waals surface area contributed by atoms with Crippen molar-refractivity contribution in [3.63, 3.8) is 0 Å². The Morgan fingerprint density at radius 3 is 2.22 bits per heavy atom. The summed E-state index contributed by atoms with van der Waals surface area (Å²) in [7, 11) is 0. The van der Waals surface area contributed by atoms with E-state index in [1.165, 1.54) is 5.56 Å². The van der Waals surface area contributed by atoms with E-state index in [0.717, 1.165) is 11.4 Å². The molecule has 2 aromatic carbocycles. The minimum atomic E-state index is 0.448. The maximum atomic E-state index is 4.31. The molecule has 0 bridgehead atoms. The highest BCUT2D eigenvalue weighted by Gasteiger charge is 2.03. The number of benzene rings is 2. The third-order valence-corrected chi connectivity index (χ3v) is 2.66. The van der Waals surface area contributed by atoms with E-state index >= 15 is 0 Å². The van der Waals surface area contributed by atoms with Crippen molar-refractivity contribution in [1.29, 1.82) is 0 Å². The highest BCUT2D eigenvalue weighted by molar-refractivity contribution is 5.60. The van der Waals surface area contributed by atoms with E-state index in [0.29, 0.717) is 5.92 Å². The van der Waals surface area contributed by atoms with E-state index in [1.807, 2.05) is 48.5 Å². The lowest BCUT2D eigenvalue weighted by Crippen LogP contribution is -1.86. The Labute approximate surface area is 108 Å². The van der Waals surface area contributed by atoms with Crippen LogP contribution in [0.1, 0.15) is 25.3 Å². The molecule has 0 heterocycles. The summed E-state index contributed by atoms with van der Waals surface area (Å²) in [5, 5.41) is 0. The van der Waals surface area contributed by atoms with Crippen molar-refractivity contribution in [2.45, 2.75) is 19.8 Å². The van der Waals surface area contributed by atoms with Crippen LogP contribution >= 0.6 is 0 Å². The monoisotopic (exact) mass is 236 g/mol. The molecule has 0 N–H and O–H groups in total. The van der Waals surface area contributed by atoms with E-state index < -0.39 is 0 Å². The van der Waals surface area contributed by atoms with Gasteiger partial charge >= 0.3 is 0 Å². The van der Waals surface area contributed by atoms with Crippen molar-refractivity contribution >= 4 is 17.4 Å². The zero-order valence-electron chi connectivity index (χ0n) is 10.7. The Morgan fingerprint density at radius 1 is 0.833 bits per heavy atom. The Hall–Kier alpha value is -2.18. The lowest BCUT2D eigenvalue weighted by Gasteiger charge is -2.06. The van der Waals surface area contributed by atoms with E-state index in [-0.39, 0.29) is 0 Å². The second-order valence-corrected chi connectivity index (χ2v) is 4.37. The van der Waals surface area contributed by atoms with Gasteiger partial charge in [-0.25, -0.2) is 0 Å². The maximum Gasteiger partial charge on any atom is 0.100 e. The van der Waals surface area contributed by atoms with Crippen molar-refractivity contribution < 1.29 is 0 Å². The summed E-state index contributed by atoms with van der Waals surface area (Å²) in [6, 6.07) is 20.6. The first-order chi connectivity index (χ1) is 8.77. The van der Waals surface area contributed by atoms with Gasteiger partial charge in [-0.2, -0.15) is 9.98 Å². The van der Waals surface area contributed by atoms with E-state index in [4.69, 9.17) is 0 Å². The molecular weight excluding hydrogens is 220 g/mol. The Bertz CT molecular complexity index is 565. The first-order valence-electron chi connectivity index (χ1n) is 6.08. The summed E-state index contributed by atoms with van der Waals surface area (Å²) in [5.74, 6) is 0.448. The van der Waals surface area contributed by atoms with Gasteiger partial charge in [-0.1, -0.05) is 50.2 Å². The molecule has 0 aliphatic rings. The van der Waals surface area contributed by atoms with Crippen LogP contribution in [-0.2, 0) is 0 Å². The van der Waals surface area contributed by atoms with Crippen LogP contribution in [0.25, 0.3) is 0 Å². The number of para-hydroxylation sites is 2. The second-order valence-electron chi connectivity index (χ2n) is 4.37. The molecule has 90 valence electrons. The average molecular weight is 236 g/mol. The van der Waals surface area contributed by atoms with Crippen LogP contribution in [-0.4, -0.2) is 6.01 Å². The number of nitrogens with zero attached hydrogens (tertiary/aromatic N) is 2. The molecule has 18 heavy (non-hydrogen) atoms. The summed E-state index contributed by atoms with van der Waals surface area (Å²) in [4.78, 5) is 8.49. The summed E-state index contributed by atoms with van der Waals surface area (Å²) < 4.78 is 0. The minimum absolute atomic E-state index is 0.448. The first-order valence-corrected chi connectivity index (χ1v) is 6.08. The molecule has 0 aliphatic heterocycles. The van der Waals surface area contributed by atoms with Crippen LogP contribution in [0.3, 0.4) is 0 Å². The molecule has 0 saturated heterocycles. The molecule has 2 rings (SSSR count). The van der Waals surface area contributed by atoms with Gasteiger partial charge in [0.15, 0.2) is 0 Å². The van der Waals surface area contributed by atoms with Crippen LogP contribution in [0.5, 0.6) is 0 Å². The fourth-order valence-corrected chi connectivity index (χ4v) is 1.72. The summed E-state index contributed by atoms with van der Waals surface area (Å²) >= 11 is 0. The maximum absolute atomic E-state index is 4.31. The largest absolute Gasteiger partial charge is 0.188 e. The van der Waals surface area contributed by atoms with Crippen LogP contribution < -0.4 is 0 Å². The fourth-order valence-electron chi connectivity index (χ4n) is 1.72. The molecule has 0 radical (unpaired) electrons. The molecule has 0 aromatic heterocycles. The second kappa shape index (κ2) is 5.95. The first kappa shape index (κ1) is 12.3. The predicted octanol–water partition coefficient (Wildman–Crippen LogP) is 4.95. The van der Waals surface area contributed by atoms with Crippen LogP contribution in [0.15, 0.2) is 64.6 Å². The molecule has 0 spiro atoms. The smallest absolute Gasteiger partial charge is 0.100 e. The van der Waals surface area contributed by atoms with Gasteiger partial charge in [0.25, 0.3) is 0 Å². The molecule has 0 aliphatic carbocycles. The average Bonchev–Trinajstić information content (AvgIpc) is 2.40. The van der Waals surface area contributed by atoms with Gasteiger partial charge in [0.1, 0.15) is 6.01 Å². The van der Waals surface area contributed by atoms with Gasteiger partial charge in [0, 0.05) is 0 Å². The number of hydrogen-bond acceptors (Lipinski definition) is 2. The zero-order valence-corrected chi connectivity index (χ0v) is 10.7. The van der Waals surface area contributed by atoms with E-state index in [9.17, 15) is 0 Å². The van der Waals surface area contributed by atoms with Gasteiger partial charge in [0.2, 0.25) is 0 Å². The van der Waals surface area contributed by atoms with Crippen LogP contribution in [0.4, 0.5) is 11.4 Å². The molecule has 0 atom stereocenters.